The van der Waals surface area contributed by atoms with Gasteiger partial charge in [-0.3, -0.25) is 19.8 Å². The molecule has 7 heteroatoms. The van der Waals surface area contributed by atoms with Crippen molar-refractivity contribution in [3.63, 3.8) is 0 Å². The van der Waals surface area contributed by atoms with Gasteiger partial charge in [-0.15, -0.1) is 0 Å². The van der Waals surface area contributed by atoms with Crippen molar-refractivity contribution in [2.24, 2.45) is 5.73 Å². The van der Waals surface area contributed by atoms with Crippen LogP contribution in [-0.4, -0.2) is 28.2 Å². The summed E-state index contributed by atoms with van der Waals surface area (Å²) in [7, 11) is 0. The molecule has 0 fully saturated rings. The smallest absolute Gasteiger partial charge is 0.270 e. The van der Waals surface area contributed by atoms with Gasteiger partial charge in [0.15, 0.2) is 5.11 Å². The van der Waals surface area contributed by atoms with Crippen molar-refractivity contribution in [2.75, 3.05) is 0 Å². The van der Waals surface area contributed by atoms with Gasteiger partial charge in [0.1, 0.15) is 6.29 Å². The third-order valence-electron chi connectivity index (χ3n) is 2.06. The number of hydrazine groups is 1. The van der Waals surface area contributed by atoms with Gasteiger partial charge in [0.05, 0.1) is 0 Å². The zero-order chi connectivity index (χ0) is 13.7. The van der Waals surface area contributed by atoms with E-state index in [1.54, 1.807) is 0 Å². The number of carbonyl (C=O) groups is 3. The number of amides is 2. The van der Waals surface area contributed by atoms with Crippen molar-refractivity contribution in [1.29, 1.82) is 0 Å². The Morgan fingerprint density at radius 1 is 1.33 bits per heavy atom. The van der Waals surface area contributed by atoms with Crippen molar-refractivity contribution in [1.82, 2.24) is 10.4 Å². The molecule has 0 bridgehead atoms. The van der Waals surface area contributed by atoms with Crippen LogP contribution >= 0.6 is 12.2 Å². The molecule has 0 heterocycles. The first-order chi connectivity index (χ1) is 8.45. The summed E-state index contributed by atoms with van der Waals surface area (Å²) in [5.41, 5.74) is 8.27. The molecule has 0 aliphatic rings. The molecule has 1 aromatic rings. The first kappa shape index (κ1) is 13.8. The number of hydrogen-bond acceptors (Lipinski definition) is 4. The fourth-order valence-electron chi connectivity index (χ4n) is 1.17. The summed E-state index contributed by atoms with van der Waals surface area (Å²) < 4.78 is 0. The number of aldehydes is 1. The van der Waals surface area contributed by atoms with Crippen LogP contribution in [-0.2, 0) is 4.79 Å². The maximum Gasteiger partial charge on any atom is 0.270 e. The monoisotopic (exact) mass is 265 g/mol. The number of rotatable bonds is 2. The Balaban J connectivity index is 2.83. The Bertz CT molecular complexity index is 485. The molecular formula is C11H11N3O3S. The minimum atomic E-state index is -0.546. The van der Waals surface area contributed by atoms with Gasteiger partial charge in [-0.25, -0.2) is 0 Å². The highest BCUT2D eigenvalue weighted by atomic mass is 32.1. The summed E-state index contributed by atoms with van der Waals surface area (Å²) in [6.45, 7) is 1.22. The molecule has 1 rings (SSSR count). The molecule has 0 unspecified atom stereocenters. The topological polar surface area (TPSA) is 92.5 Å². The zero-order valence-electron chi connectivity index (χ0n) is 9.54. The summed E-state index contributed by atoms with van der Waals surface area (Å²) in [6, 6.07) is 5.88. The highest BCUT2D eigenvalue weighted by Crippen LogP contribution is 2.02. The number of nitrogens with one attached hydrogen (secondary N) is 1. The van der Waals surface area contributed by atoms with Crippen LogP contribution in [0, 0.1) is 0 Å². The van der Waals surface area contributed by atoms with Crippen LogP contribution in [0.5, 0.6) is 0 Å². The molecule has 6 nitrogen and oxygen atoms in total. The van der Waals surface area contributed by atoms with Crippen LogP contribution in [0.4, 0.5) is 0 Å². The second-order valence-corrected chi connectivity index (χ2v) is 3.79. The standard InChI is InChI=1S/C11H11N3O3S/c1-7(16)14(11(12)18)13-10(17)9-4-2-8(6-15)3-5-9/h2-6H,1H3,(H2,12,18)(H,13,17). The molecule has 0 saturated carbocycles. The first-order valence-corrected chi connectivity index (χ1v) is 5.33. The largest absolute Gasteiger partial charge is 0.374 e. The van der Waals surface area contributed by atoms with E-state index in [4.69, 9.17) is 5.73 Å². The fourth-order valence-corrected chi connectivity index (χ4v) is 1.34. The van der Waals surface area contributed by atoms with Crippen molar-refractivity contribution < 1.29 is 14.4 Å². The third-order valence-corrected chi connectivity index (χ3v) is 2.24. The van der Waals surface area contributed by atoms with E-state index in [9.17, 15) is 14.4 Å². The number of nitrogens with two attached hydrogens (primary N) is 1. The van der Waals surface area contributed by atoms with Crippen LogP contribution in [0.15, 0.2) is 24.3 Å². The lowest BCUT2D eigenvalue weighted by Crippen LogP contribution is -2.51. The quantitative estimate of drug-likeness (QED) is 0.454. The zero-order valence-corrected chi connectivity index (χ0v) is 10.4. The fraction of sp³-hybridized carbons (Fsp3) is 0.0909. The molecule has 0 atom stereocenters. The van der Waals surface area contributed by atoms with Gasteiger partial charge in [0.25, 0.3) is 5.91 Å². The van der Waals surface area contributed by atoms with Crippen molar-refractivity contribution in [3.8, 4) is 0 Å². The lowest BCUT2D eigenvalue weighted by Gasteiger charge is -2.19. The predicted octanol–water partition coefficient (Wildman–Crippen LogP) is 0.236. The first-order valence-electron chi connectivity index (χ1n) is 4.92. The summed E-state index contributed by atoms with van der Waals surface area (Å²) >= 11 is 4.62. The Kier molecular flexibility index (Phi) is 4.50. The van der Waals surface area contributed by atoms with Gasteiger partial charge < -0.3 is 5.73 Å². The Morgan fingerprint density at radius 2 is 1.89 bits per heavy atom. The summed E-state index contributed by atoms with van der Waals surface area (Å²) in [5, 5.41) is 0.519. The third kappa shape index (κ3) is 3.36. The Hall–Kier alpha value is -2.28. The van der Waals surface area contributed by atoms with Crippen LogP contribution in [0.3, 0.4) is 0 Å². The van der Waals surface area contributed by atoms with Crippen LogP contribution in [0.25, 0.3) is 0 Å². The molecule has 3 N–H and O–H groups in total. The van der Waals surface area contributed by atoms with Gasteiger partial charge in [-0.1, -0.05) is 12.1 Å². The van der Waals surface area contributed by atoms with Gasteiger partial charge in [0.2, 0.25) is 5.91 Å². The van der Waals surface area contributed by atoms with Crippen LogP contribution in [0.2, 0.25) is 0 Å². The maximum absolute atomic E-state index is 11.8. The molecular weight excluding hydrogens is 254 g/mol. The van der Waals surface area contributed by atoms with Crippen molar-refractivity contribution in [3.05, 3.63) is 35.4 Å². The highest BCUT2D eigenvalue weighted by Gasteiger charge is 2.15. The van der Waals surface area contributed by atoms with Crippen molar-refractivity contribution >= 4 is 35.4 Å². The Labute approximate surface area is 109 Å². The lowest BCUT2D eigenvalue weighted by molar-refractivity contribution is -0.126. The maximum atomic E-state index is 11.8. The lowest BCUT2D eigenvalue weighted by atomic mass is 10.1. The molecule has 0 aliphatic carbocycles. The van der Waals surface area contributed by atoms with Crippen molar-refractivity contribution in [2.45, 2.75) is 6.92 Å². The van der Waals surface area contributed by atoms with E-state index in [0.29, 0.717) is 11.8 Å². The van der Waals surface area contributed by atoms with E-state index in [0.717, 1.165) is 5.01 Å². The van der Waals surface area contributed by atoms with Gasteiger partial charge in [-0.05, 0) is 24.4 Å². The van der Waals surface area contributed by atoms with Gasteiger partial charge in [-0.2, -0.15) is 5.01 Å². The average Bonchev–Trinajstić information content (AvgIpc) is 2.35. The Morgan fingerprint density at radius 3 is 2.28 bits per heavy atom. The number of hydrogen-bond donors (Lipinski definition) is 2. The summed E-state index contributed by atoms with van der Waals surface area (Å²) in [4.78, 5) is 33.4. The highest BCUT2D eigenvalue weighted by molar-refractivity contribution is 7.80. The SMILES string of the molecule is CC(=O)N(NC(=O)c1ccc(C=O)cc1)C(N)=S. The second-order valence-electron chi connectivity index (χ2n) is 3.37. The minimum absolute atomic E-state index is 0.250. The molecule has 94 valence electrons. The molecule has 2 amide bonds. The van der Waals surface area contributed by atoms with Crippen LogP contribution < -0.4 is 11.2 Å². The number of thiocarbonyl (C=S) groups is 1. The molecule has 0 aliphatic heterocycles. The van der Waals surface area contributed by atoms with Gasteiger partial charge >= 0.3 is 0 Å². The molecule has 1 aromatic carbocycles. The minimum Gasteiger partial charge on any atom is -0.374 e. The van der Waals surface area contributed by atoms with E-state index in [-0.39, 0.29) is 10.7 Å². The molecule has 0 spiro atoms. The number of benzene rings is 1. The second kappa shape index (κ2) is 5.87. The van der Waals surface area contributed by atoms with E-state index < -0.39 is 11.8 Å². The summed E-state index contributed by atoms with van der Waals surface area (Å²) in [5.74, 6) is -1.05. The average molecular weight is 265 g/mol. The van der Waals surface area contributed by atoms with E-state index in [2.05, 4.69) is 17.6 Å². The van der Waals surface area contributed by atoms with Gasteiger partial charge in [0, 0.05) is 18.1 Å². The molecule has 0 saturated heterocycles. The van der Waals surface area contributed by atoms with E-state index in [1.807, 2.05) is 0 Å². The number of carbonyl (C=O) groups excluding carboxylic acids is 3. The normalized spacial score (nSPS) is 9.39. The molecule has 0 radical (unpaired) electrons. The van der Waals surface area contributed by atoms with E-state index >= 15 is 0 Å². The van der Waals surface area contributed by atoms with E-state index in [1.165, 1.54) is 31.2 Å². The van der Waals surface area contributed by atoms with Crippen LogP contribution in [0.1, 0.15) is 27.6 Å². The molecule has 18 heavy (non-hydrogen) atoms. The summed E-state index contributed by atoms with van der Waals surface area (Å²) in [6.07, 6.45) is 0.665. The predicted molar refractivity (Wildman–Crippen MR) is 68.6 cm³/mol. The number of nitrogens with zero attached hydrogens (tertiary/aromatic N) is 1. The molecule has 0 aromatic heterocycles.